The molecule has 3 atom stereocenters. The molecular weight excluding hydrogens is 254 g/mol. The van der Waals surface area contributed by atoms with E-state index in [1.165, 1.54) is 37.7 Å². The van der Waals surface area contributed by atoms with Gasteiger partial charge in [-0.15, -0.1) is 0 Å². The highest BCUT2D eigenvalue weighted by atomic mass is 15.0. The molecule has 0 aliphatic heterocycles. The average Bonchev–Trinajstić information content (AvgIpc) is 2.88. The fourth-order valence-corrected chi connectivity index (χ4v) is 5.71. The van der Waals surface area contributed by atoms with Crippen LogP contribution in [0.15, 0.2) is 30.3 Å². The zero-order valence-corrected chi connectivity index (χ0v) is 13.7. The zero-order chi connectivity index (χ0) is 14.7. The lowest BCUT2D eigenvalue weighted by Crippen LogP contribution is -2.56. The van der Waals surface area contributed by atoms with E-state index in [1.807, 2.05) is 0 Å². The van der Waals surface area contributed by atoms with Crippen molar-refractivity contribution < 1.29 is 0 Å². The molecule has 3 saturated carbocycles. The van der Waals surface area contributed by atoms with Gasteiger partial charge in [0, 0.05) is 12.1 Å². The Labute approximate surface area is 129 Å². The highest BCUT2D eigenvalue weighted by molar-refractivity contribution is 5.23. The summed E-state index contributed by atoms with van der Waals surface area (Å²) in [6.45, 7) is 7.55. The molecule has 1 nitrogen and oxygen atoms in total. The molecule has 0 amide bonds. The van der Waals surface area contributed by atoms with Gasteiger partial charge in [-0.05, 0) is 60.3 Å². The fourth-order valence-electron chi connectivity index (χ4n) is 5.71. The van der Waals surface area contributed by atoms with Crippen LogP contribution in [0.5, 0.6) is 0 Å². The van der Waals surface area contributed by atoms with E-state index >= 15 is 0 Å². The normalized spacial score (nSPS) is 43.8. The molecule has 1 aromatic carbocycles. The van der Waals surface area contributed by atoms with Crippen molar-refractivity contribution >= 4 is 0 Å². The lowest BCUT2D eigenvalue weighted by Gasteiger charge is -2.48. The predicted molar refractivity (Wildman–Crippen MR) is 88.4 cm³/mol. The van der Waals surface area contributed by atoms with Crippen LogP contribution in [-0.2, 0) is 0 Å². The molecule has 0 saturated heterocycles. The van der Waals surface area contributed by atoms with Crippen molar-refractivity contribution in [2.45, 2.75) is 70.9 Å². The summed E-state index contributed by atoms with van der Waals surface area (Å²) < 4.78 is 0. The molecule has 3 fully saturated rings. The highest BCUT2D eigenvalue weighted by Crippen LogP contribution is 2.62. The number of nitrogens with one attached hydrogen (secondary N) is 1. The van der Waals surface area contributed by atoms with Gasteiger partial charge in [0.25, 0.3) is 0 Å². The number of rotatable bonds is 3. The first kappa shape index (κ1) is 13.8. The SMILES string of the molecule is CC12CCC(C1)C(C)(C)C2NC1CC(c2ccccc2)C1. The summed E-state index contributed by atoms with van der Waals surface area (Å²) >= 11 is 0. The summed E-state index contributed by atoms with van der Waals surface area (Å²) in [5.74, 6) is 1.74. The lowest BCUT2D eigenvalue weighted by molar-refractivity contribution is 0.0816. The van der Waals surface area contributed by atoms with Crippen LogP contribution in [0.3, 0.4) is 0 Å². The topological polar surface area (TPSA) is 12.0 Å². The minimum Gasteiger partial charge on any atom is -0.310 e. The molecule has 0 radical (unpaired) electrons. The van der Waals surface area contributed by atoms with Crippen LogP contribution in [0.25, 0.3) is 0 Å². The molecule has 3 unspecified atom stereocenters. The highest BCUT2D eigenvalue weighted by Gasteiger charge is 2.59. The number of benzene rings is 1. The molecule has 3 aliphatic rings. The zero-order valence-electron chi connectivity index (χ0n) is 13.7. The van der Waals surface area contributed by atoms with E-state index in [0.29, 0.717) is 10.8 Å². The van der Waals surface area contributed by atoms with E-state index in [2.05, 4.69) is 56.4 Å². The van der Waals surface area contributed by atoms with Crippen molar-refractivity contribution in [2.24, 2.45) is 16.7 Å². The molecule has 2 bridgehead atoms. The third-order valence-electron chi connectivity index (χ3n) is 7.08. The number of hydrogen-bond acceptors (Lipinski definition) is 1. The maximum atomic E-state index is 4.08. The second-order valence-electron chi connectivity index (χ2n) is 8.79. The van der Waals surface area contributed by atoms with Gasteiger partial charge >= 0.3 is 0 Å². The van der Waals surface area contributed by atoms with Crippen molar-refractivity contribution in [3.05, 3.63) is 35.9 Å². The van der Waals surface area contributed by atoms with Crippen molar-refractivity contribution in [3.8, 4) is 0 Å². The van der Waals surface area contributed by atoms with Gasteiger partial charge in [-0.25, -0.2) is 0 Å². The second kappa shape index (κ2) is 4.59. The van der Waals surface area contributed by atoms with Crippen LogP contribution in [0.1, 0.15) is 64.4 Å². The predicted octanol–water partition coefficient (Wildman–Crippen LogP) is 4.74. The standard InChI is InChI=1S/C20H29N/c1-19(2)16-9-10-20(3,13-16)18(19)21-17-11-15(12-17)14-7-5-4-6-8-14/h4-8,15-18,21H,9-13H2,1-3H3. The minimum absolute atomic E-state index is 0.491. The van der Waals surface area contributed by atoms with Crippen molar-refractivity contribution in [1.29, 1.82) is 0 Å². The maximum absolute atomic E-state index is 4.08. The molecule has 4 rings (SSSR count). The smallest absolute Gasteiger partial charge is 0.0177 e. The van der Waals surface area contributed by atoms with E-state index < -0.39 is 0 Å². The lowest BCUT2D eigenvalue weighted by atomic mass is 9.67. The van der Waals surface area contributed by atoms with Gasteiger partial charge in [0.1, 0.15) is 0 Å². The third-order valence-corrected chi connectivity index (χ3v) is 7.08. The van der Waals surface area contributed by atoms with Gasteiger partial charge in [-0.1, -0.05) is 51.1 Å². The fraction of sp³-hybridized carbons (Fsp3) is 0.700. The van der Waals surface area contributed by atoms with Crippen LogP contribution in [0, 0.1) is 16.7 Å². The molecule has 21 heavy (non-hydrogen) atoms. The van der Waals surface area contributed by atoms with Crippen LogP contribution >= 0.6 is 0 Å². The van der Waals surface area contributed by atoms with Crippen LogP contribution in [-0.4, -0.2) is 12.1 Å². The molecular formula is C20H29N. The summed E-state index contributed by atoms with van der Waals surface area (Å²) in [5, 5.41) is 4.08. The average molecular weight is 283 g/mol. The quantitative estimate of drug-likeness (QED) is 0.845. The summed E-state index contributed by atoms with van der Waals surface area (Å²) in [7, 11) is 0. The summed E-state index contributed by atoms with van der Waals surface area (Å²) in [5.41, 5.74) is 2.59. The maximum Gasteiger partial charge on any atom is 0.0177 e. The largest absolute Gasteiger partial charge is 0.310 e. The van der Waals surface area contributed by atoms with Gasteiger partial charge in [0.2, 0.25) is 0 Å². The molecule has 0 heterocycles. The van der Waals surface area contributed by atoms with Crippen LogP contribution in [0.4, 0.5) is 0 Å². The van der Waals surface area contributed by atoms with Gasteiger partial charge in [0.15, 0.2) is 0 Å². The van der Waals surface area contributed by atoms with Crippen LogP contribution < -0.4 is 5.32 Å². The number of hydrogen-bond donors (Lipinski definition) is 1. The van der Waals surface area contributed by atoms with Crippen molar-refractivity contribution in [2.75, 3.05) is 0 Å². The van der Waals surface area contributed by atoms with E-state index in [0.717, 1.165) is 23.9 Å². The first-order valence-corrected chi connectivity index (χ1v) is 8.80. The summed E-state index contributed by atoms with van der Waals surface area (Å²) in [4.78, 5) is 0. The minimum atomic E-state index is 0.491. The van der Waals surface area contributed by atoms with E-state index in [1.54, 1.807) is 0 Å². The van der Waals surface area contributed by atoms with Crippen LogP contribution in [0.2, 0.25) is 0 Å². The van der Waals surface area contributed by atoms with Crippen molar-refractivity contribution in [3.63, 3.8) is 0 Å². The molecule has 0 aromatic heterocycles. The Bertz CT molecular complexity index is 509. The monoisotopic (exact) mass is 283 g/mol. The Morgan fingerprint density at radius 3 is 2.38 bits per heavy atom. The first-order valence-electron chi connectivity index (χ1n) is 8.80. The van der Waals surface area contributed by atoms with E-state index in [9.17, 15) is 0 Å². The Morgan fingerprint density at radius 2 is 1.76 bits per heavy atom. The first-order chi connectivity index (χ1) is 9.99. The summed E-state index contributed by atoms with van der Waals surface area (Å²) in [6, 6.07) is 12.5. The Morgan fingerprint density at radius 1 is 1.05 bits per heavy atom. The number of fused-ring (bicyclic) bond motifs is 2. The molecule has 1 aromatic rings. The second-order valence-corrected chi connectivity index (χ2v) is 8.79. The Kier molecular flexibility index (Phi) is 3.02. The van der Waals surface area contributed by atoms with E-state index in [4.69, 9.17) is 0 Å². The van der Waals surface area contributed by atoms with E-state index in [-0.39, 0.29) is 0 Å². The van der Waals surface area contributed by atoms with Crippen molar-refractivity contribution in [1.82, 2.24) is 5.32 Å². The molecule has 3 aliphatic carbocycles. The molecule has 1 N–H and O–H groups in total. The Balaban J connectivity index is 1.40. The molecule has 0 spiro atoms. The third kappa shape index (κ3) is 2.08. The van der Waals surface area contributed by atoms with Gasteiger partial charge in [0.05, 0.1) is 0 Å². The van der Waals surface area contributed by atoms with Gasteiger partial charge < -0.3 is 5.32 Å². The molecule has 1 heteroatoms. The summed E-state index contributed by atoms with van der Waals surface area (Å²) in [6.07, 6.45) is 7.01. The molecule has 114 valence electrons. The van der Waals surface area contributed by atoms with Gasteiger partial charge in [-0.2, -0.15) is 0 Å². The van der Waals surface area contributed by atoms with Gasteiger partial charge in [-0.3, -0.25) is 0 Å². The Hall–Kier alpha value is -0.820.